The normalized spacial score (nSPS) is 20.7. The Labute approximate surface area is 153 Å². The first-order valence-electron chi connectivity index (χ1n) is 7.91. The zero-order valence-corrected chi connectivity index (χ0v) is 14.9. The van der Waals surface area contributed by atoms with Crippen LogP contribution in [0.25, 0.3) is 5.57 Å². The van der Waals surface area contributed by atoms with Crippen molar-refractivity contribution in [1.82, 2.24) is 5.32 Å². The molecule has 1 fully saturated rings. The van der Waals surface area contributed by atoms with Gasteiger partial charge in [0.05, 0.1) is 21.9 Å². The van der Waals surface area contributed by atoms with Crippen molar-refractivity contribution in [1.29, 1.82) is 0 Å². The molecular weight excluding hydrogens is 353 g/mol. The molecule has 0 atom stereocenters. The molecule has 130 valence electrons. The van der Waals surface area contributed by atoms with Gasteiger partial charge in [-0.15, -0.1) is 0 Å². The molecule has 26 heavy (non-hydrogen) atoms. The molecule has 2 aliphatic rings. The van der Waals surface area contributed by atoms with Gasteiger partial charge in [-0.05, 0) is 55.1 Å². The number of thioether (sulfide) groups is 1. The lowest BCUT2D eigenvalue weighted by molar-refractivity contribution is -0.116. The molecule has 0 saturated carbocycles. The minimum absolute atomic E-state index is 0.216. The average Bonchev–Trinajstić information content (AvgIpc) is 3.07. The molecule has 2 aromatic carbocycles. The number of fused-ring (bicyclic) bond motifs is 1. The second-order valence-corrected chi connectivity index (χ2v) is 7.04. The molecular formula is C19H14FN3O2S. The highest BCUT2D eigenvalue weighted by Crippen LogP contribution is 2.42. The Kier molecular flexibility index (Phi) is 3.88. The largest absolute Gasteiger partial charge is 0.311 e. The van der Waals surface area contributed by atoms with Crippen LogP contribution in [0.5, 0.6) is 0 Å². The van der Waals surface area contributed by atoms with E-state index in [9.17, 15) is 14.0 Å². The summed E-state index contributed by atoms with van der Waals surface area (Å²) in [6, 6.07) is 11.4. The van der Waals surface area contributed by atoms with Gasteiger partial charge in [-0.25, -0.2) is 9.38 Å². The highest BCUT2D eigenvalue weighted by molar-refractivity contribution is 8.18. The number of rotatable bonds is 1. The summed E-state index contributed by atoms with van der Waals surface area (Å²) in [4.78, 5) is 31.3. The maximum absolute atomic E-state index is 13.0. The van der Waals surface area contributed by atoms with Crippen molar-refractivity contribution in [3.05, 3.63) is 64.3 Å². The molecule has 1 saturated heterocycles. The van der Waals surface area contributed by atoms with E-state index in [1.54, 1.807) is 11.9 Å². The van der Waals surface area contributed by atoms with E-state index in [1.807, 2.05) is 25.1 Å². The third-order valence-corrected chi connectivity index (χ3v) is 5.19. The maximum atomic E-state index is 13.0. The second-order valence-electron chi connectivity index (χ2n) is 6.04. The van der Waals surface area contributed by atoms with Gasteiger partial charge < -0.3 is 10.2 Å². The number of hydrogen-bond acceptors (Lipinski definition) is 4. The first kappa shape index (κ1) is 16.5. The number of carbonyl (C=O) groups excluding carboxylic acids is 2. The fourth-order valence-electron chi connectivity index (χ4n) is 2.92. The van der Waals surface area contributed by atoms with Gasteiger partial charge in [0.15, 0.2) is 5.17 Å². The molecule has 0 aliphatic carbocycles. The number of nitrogens with one attached hydrogen (secondary N) is 1. The number of nitrogens with zero attached hydrogens (tertiary/aromatic N) is 2. The van der Waals surface area contributed by atoms with Crippen LogP contribution in [0.3, 0.4) is 0 Å². The van der Waals surface area contributed by atoms with Crippen molar-refractivity contribution in [2.75, 3.05) is 11.9 Å². The van der Waals surface area contributed by atoms with Crippen molar-refractivity contribution >= 4 is 45.7 Å². The summed E-state index contributed by atoms with van der Waals surface area (Å²) in [6.07, 6.45) is 0. The summed E-state index contributed by atoms with van der Waals surface area (Å²) < 4.78 is 13.0. The Morgan fingerprint density at radius 1 is 1.12 bits per heavy atom. The van der Waals surface area contributed by atoms with Crippen molar-refractivity contribution in [2.45, 2.75) is 6.92 Å². The lowest BCUT2D eigenvalue weighted by Crippen LogP contribution is -2.23. The van der Waals surface area contributed by atoms with E-state index < -0.39 is 0 Å². The van der Waals surface area contributed by atoms with Crippen molar-refractivity contribution in [2.24, 2.45) is 4.99 Å². The third kappa shape index (κ3) is 2.70. The molecule has 4 rings (SSSR count). The third-order valence-electron chi connectivity index (χ3n) is 4.21. The quantitative estimate of drug-likeness (QED) is 0.786. The van der Waals surface area contributed by atoms with Gasteiger partial charge in [0.2, 0.25) is 0 Å². The zero-order valence-electron chi connectivity index (χ0n) is 14.0. The number of hydrogen-bond donors (Lipinski definition) is 1. The summed E-state index contributed by atoms with van der Waals surface area (Å²) in [5.74, 6) is -0.931. The van der Waals surface area contributed by atoms with Gasteiger partial charge in [0.25, 0.3) is 11.8 Å². The fraction of sp³-hybridized carbons (Fsp3) is 0.105. The van der Waals surface area contributed by atoms with Crippen LogP contribution in [0.4, 0.5) is 15.8 Å². The first-order chi connectivity index (χ1) is 12.4. The van der Waals surface area contributed by atoms with Crippen LogP contribution in [0.1, 0.15) is 11.1 Å². The van der Waals surface area contributed by atoms with E-state index in [1.165, 1.54) is 24.3 Å². The highest BCUT2D eigenvalue weighted by Gasteiger charge is 2.38. The zero-order chi connectivity index (χ0) is 18.4. The maximum Gasteiger partial charge on any atom is 0.264 e. The smallest absolute Gasteiger partial charge is 0.264 e. The Balaban J connectivity index is 1.76. The van der Waals surface area contributed by atoms with E-state index >= 15 is 0 Å². The van der Waals surface area contributed by atoms with Gasteiger partial charge in [-0.2, -0.15) is 0 Å². The number of amidine groups is 1. The molecule has 2 amide bonds. The van der Waals surface area contributed by atoms with E-state index in [-0.39, 0.29) is 17.6 Å². The fourth-order valence-corrected chi connectivity index (χ4v) is 3.86. The van der Waals surface area contributed by atoms with E-state index in [0.717, 1.165) is 28.6 Å². The Bertz CT molecular complexity index is 1010. The van der Waals surface area contributed by atoms with Gasteiger partial charge in [0, 0.05) is 12.6 Å². The summed E-state index contributed by atoms with van der Waals surface area (Å²) in [5, 5.41) is 3.04. The summed E-state index contributed by atoms with van der Waals surface area (Å²) >= 11 is 1.12. The molecule has 0 aromatic heterocycles. The van der Waals surface area contributed by atoms with Gasteiger partial charge >= 0.3 is 0 Å². The van der Waals surface area contributed by atoms with E-state index in [4.69, 9.17) is 0 Å². The highest BCUT2D eigenvalue weighted by atomic mass is 32.2. The SMILES string of the molecule is Cc1ccc2c(c1)C(=C1SC(=Nc3ccc(F)cc3)NC1=O)C(=O)N2C. The van der Waals surface area contributed by atoms with E-state index in [2.05, 4.69) is 10.3 Å². The molecule has 5 nitrogen and oxygen atoms in total. The number of halogens is 1. The molecule has 0 radical (unpaired) electrons. The van der Waals surface area contributed by atoms with Crippen LogP contribution in [0.15, 0.2) is 52.4 Å². The molecule has 2 heterocycles. The molecule has 2 aliphatic heterocycles. The van der Waals surface area contributed by atoms with Crippen LogP contribution < -0.4 is 10.2 Å². The second kappa shape index (κ2) is 6.10. The van der Waals surface area contributed by atoms with Crippen LogP contribution >= 0.6 is 11.8 Å². The molecule has 1 N–H and O–H groups in total. The van der Waals surface area contributed by atoms with Crippen LogP contribution in [-0.4, -0.2) is 24.0 Å². The van der Waals surface area contributed by atoms with Crippen molar-refractivity contribution in [3.63, 3.8) is 0 Å². The van der Waals surface area contributed by atoms with Crippen molar-refractivity contribution < 1.29 is 14.0 Å². The number of likely N-dealkylation sites (N-methyl/N-ethyl adjacent to an activating group) is 1. The molecule has 7 heteroatoms. The Morgan fingerprint density at radius 2 is 1.85 bits per heavy atom. The number of carbonyl (C=O) groups is 2. The van der Waals surface area contributed by atoms with Crippen LogP contribution in [0.2, 0.25) is 0 Å². The Hall–Kier alpha value is -2.93. The summed E-state index contributed by atoms with van der Waals surface area (Å²) in [5.41, 5.74) is 3.44. The molecule has 2 aromatic rings. The lowest BCUT2D eigenvalue weighted by Gasteiger charge is -2.08. The number of benzene rings is 2. The summed E-state index contributed by atoms with van der Waals surface area (Å²) in [7, 11) is 1.69. The number of aryl methyl sites for hydroxylation is 1. The Morgan fingerprint density at radius 3 is 2.58 bits per heavy atom. The standard InChI is InChI=1S/C19H14FN3O2S/c1-10-3-8-14-13(9-10)15(18(25)23(14)2)16-17(24)22-19(26-16)21-12-6-4-11(20)5-7-12/h3-9H,1-2H3,(H,21,22,24). The average molecular weight is 367 g/mol. The number of amides is 2. The summed E-state index contributed by atoms with van der Waals surface area (Å²) in [6.45, 7) is 1.94. The van der Waals surface area contributed by atoms with Gasteiger partial charge in [0.1, 0.15) is 5.82 Å². The lowest BCUT2D eigenvalue weighted by atomic mass is 10.0. The van der Waals surface area contributed by atoms with Crippen LogP contribution in [-0.2, 0) is 9.59 Å². The molecule has 0 bridgehead atoms. The predicted molar refractivity (Wildman–Crippen MR) is 101 cm³/mol. The minimum Gasteiger partial charge on any atom is -0.311 e. The predicted octanol–water partition coefficient (Wildman–Crippen LogP) is 3.37. The number of aliphatic imine (C=N–C) groups is 1. The minimum atomic E-state index is -0.359. The molecule has 0 unspecified atom stereocenters. The molecule has 0 spiro atoms. The monoisotopic (exact) mass is 367 g/mol. The van der Waals surface area contributed by atoms with Crippen molar-refractivity contribution in [3.8, 4) is 0 Å². The topological polar surface area (TPSA) is 61.8 Å². The number of anilines is 1. The first-order valence-corrected chi connectivity index (χ1v) is 8.72. The van der Waals surface area contributed by atoms with Crippen LogP contribution in [0, 0.1) is 12.7 Å². The van der Waals surface area contributed by atoms with Gasteiger partial charge in [-0.1, -0.05) is 11.6 Å². The van der Waals surface area contributed by atoms with E-state index in [0.29, 0.717) is 21.3 Å². The van der Waals surface area contributed by atoms with Gasteiger partial charge in [-0.3, -0.25) is 9.59 Å².